The second-order valence-corrected chi connectivity index (χ2v) is 5.65. The minimum Gasteiger partial charge on any atom is -0.342 e. The van der Waals surface area contributed by atoms with Crippen molar-refractivity contribution in [3.8, 4) is 0 Å². The molecule has 0 aromatic rings. The van der Waals surface area contributed by atoms with Crippen LogP contribution in [0.15, 0.2) is 0 Å². The van der Waals surface area contributed by atoms with Crippen LogP contribution in [0.25, 0.3) is 0 Å². The van der Waals surface area contributed by atoms with Crippen LogP contribution in [-0.4, -0.2) is 36.5 Å². The van der Waals surface area contributed by atoms with Gasteiger partial charge in [-0.05, 0) is 38.6 Å². The van der Waals surface area contributed by atoms with Crippen molar-refractivity contribution in [2.75, 3.05) is 19.6 Å². The van der Waals surface area contributed by atoms with Gasteiger partial charge in [-0.3, -0.25) is 4.79 Å². The zero-order valence-electron chi connectivity index (χ0n) is 12.4. The minimum atomic E-state index is 0.383. The molecule has 1 saturated heterocycles. The lowest BCUT2D eigenvalue weighted by molar-refractivity contribution is -0.127. The van der Waals surface area contributed by atoms with Gasteiger partial charge in [0.2, 0.25) is 5.91 Å². The third-order valence-corrected chi connectivity index (χ3v) is 3.86. The molecule has 2 unspecified atom stereocenters. The van der Waals surface area contributed by atoms with Crippen molar-refractivity contribution in [1.29, 1.82) is 0 Å². The van der Waals surface area contributed by atoms with Crippen LogP contribution in [0.3, 0.4) is 0 Å². The first kappa shape index (κ1) is 15.5. The molecule has 3 nitrogen and oxygen atoms in total. The number of nitrogens with zero attached hydrogens (tertiary/aromatic N) is 1. The predicted octanol–water partition coefficient (Wildman–Crippen LogP) is 2.80. The number of carbonyl (C=O) groups excluding carboxylic acids is 1. The van der Waals surface area contributed by atoms with E-state index < -0.39 is 0 Å². The van der Waals surface area contributed by atoms with Gasteiger partial charge in [-0.25, -0.2) is 0 Å². The number of nitrogens with one attached hydrogen (secondary N) is 1. The quantitative estimate of drug-likeness (QED) is 0.642. The molecule has 1 aliphatic heterocycles. The summed E-state index contributed by atoms with van der Waals surface area (Å²) in [5.41, 5.74) is 0. The van der Waals surface area contributed by atoms with E-state index in [9.17, 15) is 4.79 Å². The highest BCUT2D eigenvalue weighted by atomic mass is 16.2. The molecule has 0 saturated carbocycles. The predicted molar refractivity (Wildman–Crippen MR) is 76.6 cm³/mol. The Balaban J connectivity index is 2.10. The van der Waals surface area contributed by atoms with E-state index in [-0.39, 0.29) is 0 Å². The van der Waals surface area contributed by atoms with E-state index in [1.54, 1.807) is 0 Å². The molecule has 0 radical (unpaired) electrons. The van der Waals surface area contributed by atoms with Crippen molar-refractivity contribution >= 4 is 5.91 Å². The van der Waals surface area contributed by atoms with Crippen molar-refractivity contribution < 1.29 is 4.79 Å². The van der Waals surface area contributed by atoms with Gasteiger partial charge >= 0.3 is 0 Å². The van der Waals surface area contributed by atoms with Gasteiger partial charge < -0.3 is 10.2 Å². The summed E-state index contributed by atoms with van der Waals surface area (Å²) in [6, 6.07) is 0.608. The van der Waals surface area contributed by atoms with Gasteiger partial charge in [0.05, 0.1) is 0 Å². The molecule has 0 aromatic heterocycles. The van der Waals surface area contributed by atoms with Crippen LogP contribution in [0.2, 0.25) is 0 Å². The lowest BCUT2D eigenvalue weighted by Crippen LogP contribution is -2.28. The van der Waals surface area contributed by atoms with Gasteiger partial charge in [-0.1, -0.05) is 26.7 Å². The Kier molecular flexibility index (Phi) is 7.33. The molecular formula is C15H30N2O. The highest BCUT2D eigenvalue weighted by Gasteiger charge is 2.27. The maximum absolute atomic E-state index is 11.8. The SMILES string of the molecule is CCCC1CC(=O)N(CCCCC(C)NCC)C1. The Morgan fingerprint density at radius 2 is 2.17 bits per heavy atom. The average molecular weight is 254 g/mol. The summed E-state index contributed by atoms with van der Waals surface area (Å²) < 4.78 is 0. The summed E-state index contributed by atoms with van der Waals surface area (Å²) in [6.07, 6.45) is 6.79. The summed E-state index contributed by atoms with van der Waals surface area (Å²) in [6.45, 7) is 9.61. The van der Waals surface area contributed by atoms with Gasteiger partial charge in [0.15, 0.2) is 0 Å². The van der Waals surface area contributed by atoms with Gasteiger partial charge in [-0.15, -0.1) is 0 Å². The lowest BCUT2D eigenvalue weighted by atomic mass is 10.0. The number of unbranched alkanes of at least 4 members (excludes halogenated alkanes) is 1. The van der Waals surface area contributed by atoms with Crippen molar-refractivity contribution in [3.63, 3.8) is 0 Å². The van der Waals surface area contributed by atoms with Gasteiger partial charge in [0.25, 0.3) is 0 Å². The fraction of sp³-hybridized carbons (Fsp3) is 0.933. The molecule has 106 valence electrons. The fourth-order valence-electron chi connectivity index (χ4n) is 2.88. The third-order valence-electron chi connectivity index (χ3n) is 3.86. The summed E-state index contributed by atoms with van der Waals surface area (Å²) in [7, 11) is 0. The Morgan fingerprint density at radius 1 is 1.39 bits per heavy atom. The van der Waals surface area contributed by atoms with Gasteiger partial charge in [0.1, 0.15) is 0 Å². The first-order valence-corrected chi connectivity index (χ1v) is 7.68. The van der Waals surface area contributed by atoms with Crippen molar-refractivity contribution in [3.05, 3.63) is 0 Å². The molecule has 2 atom stereocenters. The van der Waals surface area contributed by atoms with Crippen molar-refractivity contribution in [1.82, 2.24) is 10.2 Å². The molecule has 18 heavy (non-hydrogen) atoms. The largest absolute Gasteiger partial charge is 0.342 e. The summed E-state index contributed by atoms with van der Waals surface area (Å²) >= 11 is 0. The number of hydrogen-bond acceptors (Lipinski definition) is 2. The third kappa shape index (κ3) is 5.38. The first-order valence-electron chi connectivity index (χ1n) is 7.68. The van der Waals surface area contributed by atoms with Crippen LogP contribution in [0.1, 0.15) is 59.3 Å². The average Bonchev–Trinajstić information content (AvgIpc) is 2.66. The molecule has 0 aliphatic carbocycles. The van der Waals surface area contributed by atoms with E-state index in [1.165, 1.54) is 25.7 Å². The van der Waals surface area contributed by atoms with Crippen LogP contribution in [0.5, 0.6) is 0 Å². The topological polar surface area (TPSA) is 32.3 Å². The zero-order chi connectivity index (χ0) is 13.4. The number of likely N-dealkylation sites (tertiary alicyclic amines) is 1. The number of rotatable bonds is 9. The molecule has 0 bridgehead atoms. The van der Waals surface area contributed by atoms with Crippen molar-refractivity contribution in [2.24, 2.45) is 5.92 Å². The highest BCUT2D eigenvalue weighted by molar-refractivity contribution is 5.78. The van der Waals surface area contributed by atoms with Crippen molar-refractivity contribution in [2.45, 2.75) is 65.3 Å². The molecule has 1 aliphatic rings. The highest BCUT2D eigenvalue weighted by Crippen LogP contribution is 2.22. The number of carbonyl (C=O) groups is 1. The fourth-order valence-corrected chi connectivity index (χ4v) is 2.88. The molecule has 3 heteroatoms. The Hall–Kier alpha value is -0.570. The molecular weight excluding hydrogens is 224 g/mol. The second-order valence-electron chi connectivity index (χ2n) is 5.65. The molecule has 0 spiro atoms. The van der Waals surface area contributed by atoms with E-state index in [2.05, 4.69) is 31.0 Å². The molecule has 1 fully saturated rings. The van der Waals surface area contributed by atoms with Crippen LogP contribution < -0.4 is 5.32 Å². The van der Waals surface area contributed by atoms with Crippen LogP contribution in [-0.2, 0) is 4.79 Å². The Bertz CT molecular complexity index is 243. The zero-order valence-corrected chi connectivity index (χ0v) is 12.4. The Morgan fingerprint density at radius 3 is 2.83 bits per heavy atom. The summed E-state index contributed by atoms with van der Waals surface area (Å²) in [4.78, 5) is 13.9. The van der Waals surface area contributed by atoms with Gasteiger partial charge in [0, 0.05) is 25.6 Å². The maximum atomic E-state index is 11.8. The minimum absolute atomic E-state index is 0.383. The van der Waals surface area contributed by atoms with Gasteiger partial charge in [-0.2, -0.15) is 0 Å². The summed E-state index contributed by atoms with van der Waals surface area (Å²) in [5.74, 6) is 1.01. The molecule has 1 rings (SSSR count). The normalized spacial score (nSPS) is 21.6. The number of hydrogen-bond donors (Lipinski definition) is 1. The lowest BCUT2D eigenvalue weighted by Gasteiger charge is -2.17. The van der Waals surface area contributed by atoms with E-state index >= 15 is 0 Å². The van der Waals surface area contributed by atoms with E-state index in [1.807, 2.05) is 0 Å². The molecule has 1 N–H and O–H groups in total. The van der Waals surface area contributed by atoms with E-state index in [0.29, 0.717) is 17.9 Å². The van der Waals surface area contributed by atoms with E-state index in [4.69, 9.17) is 0 Å². The van der Waals surface area contributed by atoms with Crippen LogP contribution in [0, 0.1) is 5.92 Å². The standard InChI is InChI=1S/C15H30N2O/c1-4-8-14-11-15(18)17(12-14)10-7-6-9-13(3)16-5-2/h13-14,16H,4-12H2,1-3H3. The van der Waals surface area contributed by atoms with E-state index in [0.717, 1.165) is 32.5 Å². The second kappa shape index (κ2) is 8.52. The van der Waals surface area contributed by atoms with Crippen LogP contribution >= 0.6 is 0 Å². The molecule has 1 heterocycles. The molecule has 1 amide bonds. The Labute approximate surface area is 112 Å². The molecule has 0 aromatic carbocycles. The smallest absolute Gasteiger partial charge is 0.222 e. The summed E-state index contributed by atoms with van der Waals surface area (Å²) in [5, 5.41) is 3.43. The first-order chi connectivity index (χ1) is 8.67. The monoisotopic (exact) mass is 254 g/mol. The maximum Gasteiger partial charge on any atom is 0.222 e. The number of amides is 1. The van der Waals surface area contributed by atoms with Crippen LogP contribution in [0.4, 0.5) is 0 Å².